The molecule has 0 bridgehead atoms. The summed E-state index contributed by atoms with van der Waals surface area (Å²) in [6.45, 7) is 1.39. The first-order valence-electron chi connectivity index (χ1n) is 8.24. The second-order valence-electron chi connectivity index (χ2n) is 6.05. The summed E-state index contributed by atoms with van der Waals surface area (Å²) in [6, 6.07) is 0.986. The van der Waals surface area contributed by atoms with Crippen LogP contribution in [0, 0.1) is 0 Å². The normalized spacial score (nSPS) is 16.3. The number of rotatable bonds is 6. The molecule has 0 atom stereocenters. The smallest absolute Gasteiger partial charge is 0.321 e. The van der Waals surface area contributed by atoms with Gasteiger partial charge in [-0.25, -0.2) is 13.6 Å². The molecule has 2 heterocycles. The number of hydrogen-bond acceptors (Lipinski definition) is 5. The van der Waals surface area contributed by atoms with Gasteiger partial charge in [-0.2, -0.15) is 10.1 Å². The third-order valence-electron chi connectivity index (χ3n) is 4.22. The fourth-order valence-electron chi connectivity index (χ4n) is 3.01. The second kappa shape index (κ2) is 7.16. The maximum Gasteiger partial charge on any atom is 0.321 e. The molecule has 0 unspecified atom stereocenters. The molecule has 0 spiro atoms. The zero-order valence-corrected chi connectivity index (χ0v) is 13.8. The van der Waals surface area contributed by atoms with E-state index in [0.29, 0.717) is 31.0 Å². The Bertz CT molecular complexity index is 723. The Kier molecular flexibility index (Phi) is 4.95. The van der Waals surface area contributed by atoms with Crippen LogP contribution in [-0.4, -0.2) is 32.4 Å². The van der Waals surface area contributed by atoms with Crippen molar-refractivity contribution in [2.75, 3.05) is 5.32 Å². The first kappa shape index (κ1) is 17.3. The summed E-state index contributed by atoms with van der Waals surface area (Å²) in [5, 5.41) is 13.4. The molecule has 10 heteroatoms. The van der Waals surface area contributed by atoms with Gasteiger partial charge in [0.1, 0.15) is 12.1 Å². The second-order valence-corrected chi connectivity index (χ2v) is 6.05. The number of alkyl halides is 2. The van der Waals surface area contributed by atoms with E-state index in [-0.39, 0.29) is 5.82 Å². The zero-order chi connectivity index (χ0) is 17.9. The van der Waals surface area contributed by atoms with Gasteiger partial charge in [0.25, 0.3) is 6.43 Å². The van der Waals surface area contributed by atoms with E-state index >= 15 is 0 Å². The van der Waals surface area contributed by atoms with Crippen molar-refractivity contribution in [1.82, 2.24) is 25.2 Å². The molecule has 3 rings (SSSR count). The van der Waals surface area contributed by atoms with Crippen LogP contribution in [0.2, 0.25) is 0 Å². The Morgan fingerprint density at radius 3 is 2.84 bits per heavy atom. The minimum absolute atomic E-state index is 0.202. The molecular weight excluding hydrogens is 334 g/mol. The van der Waals surface area contributed by atoms with Crippen LogP contribution in [0.5, 0.6) is 0 Å². The van der Waals surface area contributed by atoms with Gasteiger partial charge in [0.15, 0.2) is 11.6 Å². The van der Waals surface area contributed by atoms with Gasteiger partial charge >= 0.3 is 6.03 Å². The Hall–Kier alpha value is -2.52. The maximum absolute atomic E-state index is 12.3. The van der Waals surface area contributed by atoms with Crippen molar-refractivity contribution in [3.63, 3.8) is 0 Å². The van der Waals surface area contributed by atoms with E-state index in [0.717, 1.165) is 17.5 Å². The van der Waals surface area contributed by atoms with Crippen LogP contribution in [-0.2, 0) is 18.5 Å². The number of aromatic nitrogens is 4. The van der Waals surface area contributed by atoms with Gasteiger partial charge in [0.05, 0.1) is 0 Å². The summed E-state index contributed by atoms with van der Waals surface area (Å²) in [4.78, 5) is 16.7. The fourth-order valence-corrected chi connectivity index (χ4v) is 3.01. The number of carbonyl (C=O) groups excluding carboxylic acids is 1. The van der Waals surface area contributed by atoms with Gasteiger partial charge in [0, 0.05) is 18.7 Å². The van der Waals surface area contributed by atoms with Crippen molar-refractivity contribution >= 4 is 11.8 Å². The molecule has 2 N–H and O–H groups in total. The minimum Gasteiger partial charge on any atom is -0.339 e. The molecule has 2 amide bonds. The summed E-state index contributed by atoms with van der Waals surface area (Å²) in [5.74, 6) is 1.20. The fraction of sp³-hybridized carbons (Fsp3) is 0.600. The average molecular weight is 354 g/mol. The van der Waals surface area contributed by atoms with Crippen LogP contribution in [0.3, 0.4) is 0 Å². The molecule has 1 aliphatic rings. The molecular formula is C15H20F2N6O2. The number of carbonyl (C=O) groups is 1. The lowest BCUT2D eigenvalue weighted by molar-refractivity contribution is 0.122. The predicted molar refractivity (Wildman–Crippen MR) is 84.2 cm³/mol. The van der Waals surface area contributed by atoms with Gasteiger partial charge in [-0.15, -0.1) is 0 Å². The molecule has 0 saturated heterocycles. The number of amides is 2. The van der Waals surface area contributed by atoms with Crippen LogP contribution in [0.1, 0.15) is 44.3 Å². The molecule has 0 aromatic carbocycles. The van der Waals surface area contributed by atoms with Crippen LogP contribution in [0.4, 0.5) is 19.4 Å². The minimum atomic E-state index is -2.51. The molecule has 1 saturated carbocycles. The van der Waals surface area contributed by atoms with E-state index in [1.54, 1.807) is 0 Å². The van der Waals surface area contributed by atoms with Crippen molar-refractivity contribution in [2.24, 2.45) is 0 Å². The number of nitrogens with one attached hydrogen (secondary N) is 2. The Morgan fingerprint density at radius 2 is 2.20 bits per heavy atom. The highest BCUT2D eigenvalue weighted by molar-refractivity contribution is 5.88. The van der Waals surface area contributed by atoms with Crippen molar-refractivity contribution in [3.8, 4) is 0 Å². The number of nitrogens with zero attached hydrogens (tertiary/aromatic N) is 4. The predicted octanol–water partition coefficient (Wildman–Crippen LogP) is 2.68. The quantitative estimate of drug-likeness (QED) is 0.831. The van der Waals surface area contributed by atoms with E-state index in [1.807, 2.05) is 6.92 Å². The third kappa shape index (κ3) is 3.94. The number of anilines is 1. The average Bonchev–Trinajstić information content (AvgIpc) is 3.27. The largest absolute Gasteiger partial charge is 0.339 e. The molecule has 136 valence electrons. The molecule has 8 nitrogen and oxygen atoms in total. The van der Waals surface area contributed by atoms with E-state index in [2.05, 4.69) is 25.9 Å². The van der Waals surface area contributed by atoms with Crippen LogP contribution in [0.25, 0.3) is 0 Å². The molecule has 2 aromatic rings. The summed E-state index contributed by atoms with van der Waals surface area (Å²) < 4.78 is 31.0. The molecule has 1 aliphatic carbocycles. The van der Waals surface area contributed by atoms with Crippen molar-refractivity contribution in [3.05, 3.63) is 24.0 Å². The third-order valence-corrected chi connectivity index (χ3v) is 4.22. The van der Waals surface area contributed by atoms with Crippen LogP contribution in [0.15, 0.2) is 16.8 Å². The van der Waals surface area contributed by atoms with Crippen LogP contribution < -0.4 is 10.6 Å². The van der Waals surface area contributed by atoms with Crippen molar-refractivity contribution in [2.45, 2.75) is 57.5 Å². The summed E-state index contributed by atoms with van der Waals surface area (Å²) in [7, 11) is 0. The SMILES string of the molecule is CCc1nc(C2(NC(=O)Nc3ccn(CC(F)F)n3)CCCC2)no1. The lowest BCUT2D eigenvalue weighted by atomic mass is 9.97. The lowest BCUT2D eigenvalue weighted by Crippen LogP contribution is -2.46. The highest BCUT2D eigenvalue weighted by atomic mass is 19.3. The van der Waals surface area contributed by atoms with Crippen LogP contribution >= 0.6 is 0 Å². The van der Waals surface area contributed by atoms with Gasteiger partial charge < -0.3 is 9.84 Å². The maximum atomic E-state index is 12.3. The molecule has 25 heavy (non-hydrogen) atoms. The number of hydrogen-bond donors (Lipinski definition) is 2. The van der Waals surface area contributed by atoms with Gasteiger partial charge in [-0.3, -0.25) is 10.00 Å². The monoisotopic (exact) mass is 354 g/mol. The number of aryl methyl sites for hydroxylation is 1. The zero-order valence-electron chi connectivity index (χ0n) is 13.8. The number of halogens is 2. The van der Waals surface area contributed by atoms with Gasteiger partial charge in [0.2, 0.25) is 5.89 Å². The van der Waals surface area contributed by atoms with Crippen molar-refractivity contribution < 1.29 is 18.1 Å². The lowest BCUT2D eigenvalue weighted by Gasteiger charge is -2.26. The summed E-state index contributed by atoms with van der Waals surface area (Å²) >= 11 is 0. The molecule has 2 aromatic heterocycles. The van der Waals surface area contributed by atoms with Gasteiger partial charge in [-0.1, -0.05) is 24.9 Å². The van der Waals surface area contributed by atoms with Gasteiger partial charge in [-0.05, 0) is 12.8 Å². The Balaban J connectivity index is 1.68. The standard InChI is InChI=1S/C15H20F2N6O2/c1-2-12-19-13(22-25-12)15(6-3-4-7-15)20-14(24)18-11-5-8-23(21-11)9-10(16)17/h5,8,10H,2-4,6-7,9H2,1H3,(H2,18,20,21,24). The summed E-state index contributed by atoms with van der Waals surface area (Å²) in [5.41, 5.74) is -0.674. The van der Waals surface area contributed by atoms with E-state index in [9.17, 15) is 13.6 Å². The topological polar surface area (TPSA) is 97.9 Å². The highest BCUT2D eigenvalue weighted by Crippen LogP contribution is 2.37. The number of urea groups is 1. The highest BCUT2D eigenvalue weighted by Gasteiger charge is 2.41. The Morgan fingerprint density at radius 1 is 1.44 bits per heavy atom. The molecule has 0 aliphatic heterocycles. The Labute approximate surface area is 143 Å². The van der Waals surface area contributed by atoms with E-state index in [1.165, 1.54) is 12.3 Å². The first-order valence-corrected chi connectivity index (χ1v) is 8.24. The van der Waals surface area contributed by atoms with E-state index in [4.69, 9.17) is 4.52 Å². The summed E-state index contributed by atoms with van der Waals surface area (Å²) in [6.07, 6.45) is 2.82. The first-order chi connectivity index (χ1) is 12.0. The van der Waals surface area contributed by atoms with Crippen molar-refractivity contribution in [1.29, 1.82) is 0 Å². The van der Waals surface area contributed by atoms with E-state index < -0.39 is 24.5 Å². The molecule has 1 fully saturated rings. The molecule has 0 radical (unpaired) electrons.